The maximum Gasteiger partial charge on any atom is 0.269 e. The molecule has 0 saturated heterocycles. The molecule has 1 heterocycles. The highest BCUT2D eigenvalue weighted by atomic mass is 16.6. The molecule has 138 valence electrons. The minimum atomic E-state index is -0.415. The molecule has 2 aromatic carbocycles. The maximum absolute atomic E-state index is 12.3. The van der Waals surface area contributed by atoms with Gasteiger partial charge in [0.25, 0.3) is 5.69 Å². The molecule has 1 aliphatic heterocycles. The number of rotatable bonds is 3. The lowest BCUT2D eigenvalue weighted by Gasteiger charge is -2.25. The first kappa shape index (κ1) is 17.1. The fourth-order valence-electron chi connectivity index (χ4n) is 3.88. The smallest absolute Gasteiger partial charge is 0.269 e. The number of aryl methyl sites for hydroxylation is 1. The van der Waals surface area contributed by atoms with Crippen molar-refractivity contribution >= 4 is 17.3 Å². The number of nitrogens with zero attached hydrogens (tertiary/aromatic N) is 2. The van der Waals surface area contributed by atoms with Crippen LogP contribution in [0.2, 0.25) is 0 Å². The molecule has 1 N–H and O–H groups in total. The molecule has 0 fully saturated rings. The van der Waals surface area contributed by atoms with Crippen molar-refractivity contribution in [2.45, 2.75) is 25.8 Å². The minimum absolute atomic E-state index is 0.0194. The summed E-state index contributed by atoms with van der Waals surface area (Å²) >= 11 is 0. The Morgan fingerprint density at radius 3 is 2.78 bits per heavy atom. The van der Waals surface area contributed by atoms with E-state index in [0.717, 1.165) is 46.6 Å². The van der Waals surface area contributed by atoms with Crippen molar-refractivity contribution in [3.8, 4) is 5.75 Å². The number of non-ortho nitro benzene ring substituents is 1. The molecule has 4 rings (SSSR count). The molecule has 0 spiro atoms. The normalized spacial score (nSPS) is 17.9. The molecular weight excluding hydrogens is 346 g/mol. The van der Waals surface area contributed by atoms with Crippen molar-refractivity contribution < 1.29 is 14.5 Å². The molecule has 0 saturated carbocycles. The monoisotopic (exact) mass is 365 g/mol. The molecule has 1 aliphatic carbocycles. The van der Waals surface area contributed by atoms with Crippen molar-refractivity contribution in [2.75, 3.05) is 7.11 Å². The number of nitrogens with one attached hydrogen (secondary N) is 1. The number of amides is 1. The highest BCUT2D eigenvalue weighted by molar-refractivity contribution is 5.82. The highest BCUT2D eigenvalue weighted by Gasteiger charge is 2.38. The third-order valence-electron chi connectivity index (χ3n) is 5.12. The summed E-state index contributed by atoms with van der Waals surface area (Å²) in [5.41, 5.74) is 8.16. The van der Waals surface area contributed by atoms with Gasteiger partial charge in [0.1, 0.15) is 11.8 Å². The summed E-state index contributed by atoms with van der Waals surface area (Å²) in [5, 5.41) is 12.7. The molecule has 2 aromatic rings. The van der Waals surface area contributed by atoms with E-state index in [1.165, 1.54) is 13.0 Å². The maximum atomic E-state index is 12.3. The molecule has 2 aliphatic rings. The zero-order valence-corrected chi connectivity index (χ0v) is 15.1. The van der Waals surface area contributed by atoms with Crippen LogP contribution in [-0.2, 0) is 11.2 Å². The van der Waals surface area contributed by atoms with Gasteiger partial charge in [-0.3, -0.25) is 20.3 Å². The van der Waals surface area contributed by atoms with E-state index >= 15 is 0 Å². The quantitative estimate of drug-likeness (QED) is 0.666. The van der Waals surface area contributed by atoms with Crippen LogP contribution in [0.4, 0.5) is 5.69 Å². The summed E-state index contributed by atoms with van der Waals surface area (Å²) in [6.07, 6.45) is 1.59. The average molecular weight is 365 g/mol. The van der Waals surface area contributed by atoms with E-state index in [4.69, 9.17) is 4.74 Å². The molecule has 1 atom stereocenters. The Labute approximate surface area is 156 Å². The summed E-state index contributed by atoms with van der Waals surface area (Å²) in [4.78, 5) is 23.0. The van der Waals surface area contributed by atoms with Crippen LogP contribution < -0.4 is 10.2 Å². The van der Waals surface area contributed by atoms with E-state index < -0.39 is 4.92 Å². The number of nitro benzene ring substituents is 1. The Balaban J connectivity index is 1.82. The fraction of sp³-hybridized carbons (Fsp3) is 0.250. The number of methoxy groups -OCH3 is 1. The summed E-state index contributed by atoms with van der Waals surface area (Å²) in [5.74, 6) is 0.658. The SMILES string of the molecule is COc1ccc2c(c1)CCC1=C2NN(C(C)=O)C1c1cccc([N+](=O)[O-])c1. The zero-order chi connectivity index (χ0) is 19.1. The Morgan fingerprint density at radius 1 is 1.26 bits per heavy atom. The molecule has 0 aromatic heterocycles. The highest BCUT2D eigenvalue weighted by Crippen LogP contribution is 2.45. The van der Waals surface area contributed by atoms with Gasteiger partial charge in [0, 0.05) is 24.6 Å². The summed E-state index contributed by atoms with van der Waals surface area (Å²) in [6, 6.07) is 12.0. The summed E-state index contributed by atoms with van der Waals surface area (Å²) in [6.45, 7) is 1.49. The van der Waals surface area contributed by atoms with Crippen LogP contribution in [-0.4, -0.2) is 22.9 Å². The molecule has 0 bridgehead atoms. The molecule has 0 radical (unpaired) electrons. The lowest BCUT2D eigenvalue weighted by molar-refractivity contribution is -0.384. The lowest BCUT2D eigenvalue weighted by atomic mass is 9.85. The predicted molar refractivity (Wildman–Crippen MR) is 99.7 cm³/mol. The van der Waals surface area contributed by atoms with Gasteiger partial charge in [-0.25, -0.2) is 5.01 Å². The van der Waals surface area contributed by atoms with Gasteiger partial charge in [-0.15, -0.1) is 0 Å². The topological polar surface area (TPSA) is 84.7 Å². The molecule has 27 heavy (non-hydrogen) atoms. The fourth-order valence-corrected chi connectivity index (χ4v) is 3.88. The van der Waals surface area contributed by atoms with Crippen molar-refractivity contribution in [1.82, 2.24) is 10.4 Å². The number of fused-ring (bicyclic) bond motifs is 2. The van der Waals surface area contributed by atoms with Crippen LogP contribution in [0.25, 0.3) is 5.70 Å². The Hall–Kier alpha value is -3.35. The molecule has 1 unspecified atom stereocenters. The van der Waals surface area contributed by atoms with Gasteiger partial charge in [-0.05, 0) is 47.7 Å². The largest absolute Gasteiger partial charge is 0.497 e. The van der Waals surface area contributed by atoms with Gasteiger partial charge in [-0.2, -0.15) is 0 Å². The van der Waals surface area contributed by atoms with Crippen LogP contribution in [0.3, 0.4) is 0 Å². The Morgan fingerprint density at radius 2 is 2.07 bits per heavy atom. The van der Waals surface area contributed by atoms with E-state index in [2.05, 4.69) is 5.43 Å². The third-order valence-corrected chi connectivity index (χ3v) is 5.12. The minimum Gasteiger partial charge on any atom is -0.497 e. The second kappa shape index (κ2) is 6.42. The number of ether oxygens (including phenoxy) is 1. The van der Waals surface area contributed by atoms with Gasteiger partial charge in [0.05, 0.1) is 17.7 Å². The van der Waals surface area contributed by atoms with Crippen molar-refractivity contribution in [3.63, 3.8) is 0 Å². The van der Waals surface area contributed by atoms with E-state index in [0.29, 0.717) is 0 Å². The van der Waals surface area contributed by atoms with E-state index in [-0.39, 0.29) is 17.6 Å². The van der Waals surface area contributed by atoms with E-state index in [9.17, 15) is 14.9 Å². The first-order valence-electron chi connectivity index (χ1n) is 8.70. The van der Waals surface area contributed by atoms with E-state index in [1.54, 1.807) is 24.3 Å². The first-order chi connectivity index (χ1) is 13.0. The second-order valence-corrected chi connectivity index (χ2v) is 6.68. The van der Waals surface area contributed by atoms with Gasteiger partial charge in [0.15, 0.2) is 0 Å². The summed E-state index contributed by atoms with van der Waals surface area (Å²) < 4.78 is 5.31. The van der Waals surface area contributed by atoms with Crippen molar-refractivity contribution in [1.29, 1.82) is 0 Å². The molecular formula is C20H19N3O4. The number of carbonyl (C=O) groups is 1. The number of benzene rings is 2. The number of hydrogen-bond acceptors (Lipinski definition) is 5. The van der Waals surface area contributed by atoms with Gasteiger partial charge in [0.2, 0.25) is 5.91 Å². The Kier molecular flexibility index (Phi) is 4.07. The van der Waals surface area contributed by atoms with Gasteiger partial charge < -0.3 is 4.74 Å². The van der Waals surface area contributed by atoms with Crippen molar-refractivity contribution in [3.05, 3.63) is 74.8 Å². The second-order valence-electron chi connectivity index (χ2n) is 6.68. The predicted octanol–water partition coefficient (Wildman–Crippen LogP) is 3.37. The number of hydrazine groups is 1. The van der Waals surface area contributed by atoms with Gasteiger partial charge >= 0.3 is 0 Å². The van der Waals surface area contributed by atoms with Crippen LogP contribution >= 0.6 is 0 Å². The lowest BCUT2D eigenvalue weighted by Crippen LogP contribution is -2.38. The van der Waals surface area contributed by atoms with E-state index in [1.807, 2.05) is 24.3 Å². The summed E-state index contributed by atoms with van der Waals surface area (Å²) in [7, 11) is 1.64. The number of hydrogen-bond donors (Lipinski definition) is 1. The van der Waals surface area contributed by atoms with Gasteiger partial charge in [-0.1, -0.05) is 12.1 Å². The molecule has 1 amide bonds. The van der Waals surface area contributed by atoms with Crippen molar-refractivity contribution in [2.24, 2.45) is 0 Å². The number of nitro groups is 1. The third kappa shape index (κ3) is 2.81. The average Bonchev–Trinajstić information content (AvgIpc) is 3.07. The molecule has 7 heteroatoms. The zero-order valence-electron chi connectivity index (χ0n) is 15.1. The molecule has 7 nitrogen and oxygen atoms in total. The van der Waals surface area contributed by atoms with Crippen LogP contribution in [0.5, 0.6) is 5.75 Å². The Bertz CT molecular complexity index is 983. The van der Waals surface area contributed by atoms with Crippen LogP contribution in [0.1, 0.15) is 36.1 Å². The number of carbonyl (C=O) groups excluding carboxylic acids is 1. The van der Waals surface area contributed by atoms with Crippen LogP contribution in [0, 0.1) is 10.1 Å². The standard InChI is InChI=1S/C20H19N3O4/c1-12(24)22-20(14-4-3-5-15(10-14)23(25)26)18-8-6-13-11-16(27-2)7-9-17(13)19(18)21-22/h3-5,7,9-11,20-21H,6,8H2,1-2H3. The van der Waals surface area contributed by atoms with Crippen LogP contribution in [0.15, 0.2) is 48.0 Å². The first-order valence-corrected chi connectivity index (χ1v) is 8.70.